The summed E-state index contributed by atoms with van der Waals surface area (Å²) in [7, 11) is 0. The highest BCUT2D eigenvalue weighted by Gasteiger charge is 2.26. The Hall–Kier alpha value is -6.75. The number of amidine groups is 1. The maximum Gasteiger partial charge on any atom is 0.143 e. The van der Waals surface area contributed by atoms with E-state index in [1.807, 2.05) is 12.1 Å². The molecule has 0 fully saturated rings. The van der Waals surface area contributed by atoms with E-state index in [0.29, 0.717) is 0 Å². The van der Waals surface area contributed by atoms with E-state index in [2.05, 4.69) is 187 Å². The van der Waals surface area contributed by atoms with Crippen molar-refractivity contribution in [2.75, 3.05) is 0 Å². The van der Waals surface area contributed by atoms with Crippen molar-refractivity contribution in [3.63, 3.8) is 0 Å². The maximum atomic E-state index is 6.68. The summed E-state index contributed by atoms with van der Waals surface area (Å²) < 4.78 is 6.68. The molecule has 0 bridgehead atoms. The molecule has 4 nitrogen and oxygen atoms in total. The van der Waals surface area contributed by atoms with Crippen LogP contribution in [-0.2, 0) is 0 Å². The van der Waals surface area contributed by atoms with Crippen LogP contribution >= 0.6 is 0 Å². The van der Waals surface area contributed by atoms with Gasteiger partial charge in [-0.05, 0) is 67.9 Å². The molecule has 0 amide bonds. The fourth-order valence-electron chi connectivity index (χ4n) is 7.69. The van der Waals surface area contributed by atoms with Crippen LogP contribution < -0.4 is 10.6 Å². The quantitative estimate of drug-likeness (QED) is 0.184. The van der Waals surface area contributed by atoms with Crippen molar-refractivity contribution in [1.82, 2.24) is 10.6 Å². The average molecular weight is 682 g/mol. The van der Waals surface area contributed by atoms with Crippen molar-refractivity contribution in [2.24, 2.45) is 4.99 Å². The van der Waals surface area contributed by atoms with Gasteiger partial charge in [0.1, 0.15) is 29.3 Å². The van der Waals surface area contributed by atoms with Crippen LogP contribution in [0, 0.1) is 0 Å². The van der Waals surface area contributed by atoms with Crippen LogP contribution in [0.2, 0.25) is 0 Å². The number of para-hydroxylation sites is 1. The number of rotatable bonds is 6. The summed E-state index contributed by atoms with van der Waals surface area (Å²) in [6.07, 6.45) is -0.416. The third kappa shape index (κ3) is 5.76. The first kappa shape index (κ1) is 31.0. The van der Waals surface area contributed by atoms with E-state index in [4.69, 9.17) is 9.41 Å². The van der Waals surface area contributed by atoms with Crippen molar-refractivity contribution in [2.45, 2.75) is 12.3 Å². The third-order valence-corrected chi connectivity index (χ3v) is 10.4. The van der Waals surface area contributed by atoms with E-state index >= 15 is 0 Å². The predicted octanol–water partition coefficient (Wildman–Crippen LogP) is 12.1. The van der Waals surface area contributed by atoms with Crippen LogP contribution in [0.1, 0.15) is 29.0 Å². The molecule has 1 aromatic heterocycles. The van der Waals surface area contributed by atoms with Crippen LogP contribution in [0.4, 0.5) is 0 Å². The molecule has 1 aliphatic rings. The van der Waals surface area contributed by atoms with E-state index in [1.165, 1.54) is 21.9 Å². The zero-order chi connectivity index (χ0) is 35.1. The summed E-state index contributed by atoms with van der Waals surface area (Å²) in [4.78, 5) is 5.18. The Morgan fingerprint density at radius 2 is 1.09 bits per heavy atom. The van der Waals surface area contributed by atoms with Gasteiger partial charge in [-0.1, -0.05) is 170 Å². The van der Waals surface area contributed by atoms with Crippen molar-refractivity contribution >= 4 is 38.5 Å². The Morgan fingerprint density at radius 1 is 0.453 bits per heavy atom. The second-order valence-corrected chi connectivity index (χ2v) is 13.6. The zero-order valence-electron chi connectivity index (χ0n) is 28.9. The Labute approximate surface area is 308 Å². The largest absolute Gasteiger partial charge is 0.455 e. The molecule has 1 aliphatic heterocycles. The van der Waals surface area contributed by atoms with Crippen molar-refractivity contribution in [3.8, 4) is 33.4 Å². The molecule has 2 atom stereocenters. The summed E-state index contributed by atoms with van der Waals surface area (Å²) in [5.41, 5.74) is 12.0. The van der Waals surface area contributed by atoms with Crippen LogP contribution in [0.3, 0.4) is 0 Å². The highest BCUT2D eigenvalue weighted by molar-refractivity contribution is 6.15. The molecular weight excluding hydrogens is 647 g/mol. The summed E-state index contributed by atoms with van der Waals surface area (Å²) in [5.74, 6) is 0.862. The van der Waals surface area contributed by atoms with Gasteiger partial charge >= 0.3 is 0 Å². The molecule has 2 N–H and O–H groups in total. The van der Waals surface area contributed by atoms with E-state index in [0.717, 1.165) is 66.7 Å². The predicted molar refractivity (Wildman–Crippen MR) is 219 cm³/mol. The van der Waals surface area contributed by atoms with Crippen molar-refractivity contribution in [1.29, 1.82) is 0 Å². The number of fused-ring (bicyclic) bond motifs is 4. The van der Waals surface area contributed by atoms with E-state index in [1.54, 1.807) is 0 Å². The Bertz CT molecular complexity index is 2790. The number of benzene rings is 8. The highest BCUT2D eigenvalue weighted by atomic mass is 16.3. The van der Waals surface area contributed by atoms with Gasteiger partial charge < -0.3 is 9.73 Å². The fraction of sp³-hybridized carbons (Fsp3) is 0.0408. The van der Waals surface area contributed by atoms with Crippen LogP contribution in [-0.4, -0.2) is 5.84 Å². The first-order valence-electron chi connectivity index (χ1n) is 18.1. The summed E-state index contributed by atoms with van der Waals surface area (Å²) >= 11 is 0. The molecular formula is C49H35N3O. The normalized spacial score (nSPS) is 15.7. The number of aliphatic imine (C=N–C) groups is 1. The average Bonchev–Trinajstić information content (AvgIpc) is 3.63. The molecule has 0 spiro atoms. The molecule has 10 rings (SSSR count). The second-order valence-electron chi connectivity index (χ2n) is 13.6. The van der Waals surface area contributed by atoms with Gasteiger partial charge in [-0.2, -0.15) is 0 Å². The number of nitrogens with one attached hydrogen (secondary N) is 2. The smallest absolute Gasteiger partial charge is 0.143 e. The van der Waals surface area contributed by atoms with Gasteiger partial charge in [-0.3, -0.25) is 5.32 Å². The molecule has 4 heteroatoms. The zero-order valence-corrected chi connectivity index (χ0v) is 28.9. The maximum absolute atomic E-state index is 6.68. The molecule has 2 unspecified atom stereocenters. The molecule has 0 aliphatic carbocycles. The molecule has 0 saturated carbocycles. The molecule has 9 aromatic rings. The lowest BCUT2D eigenvalue weighted by molar-refractivity contribution is 0.409. The number of hydrogen-bond acceptors (Lipinski definition) is 4. The monoisotopic (exact) mass is 681 g/mol. The fourth-order valence-corrected chi connectivity index (χ4v) is 7.69. The molecule has 8 aromatic carbocycles. The van der Waals surface area contributed by atoms with E-state index in [9.17, 15) is 0 Å². The van der Waals surface area contributed by atoms with E-state index < -0.39 is 0 Å². The van der Waals surface area contributed by atoms with Crippen LogP contribution in [0.15, 0.2) is 197 Å². The van der Waals surface area contributed by atoms with Gasteiger partial charge in [-0.25, -0.2) is 4.99 Å². The SMILES string of the molecule is c1ccc(C2=NC(c3ccc(-c4ccccc4)cc3)NC(c3cccc(-c4cccc5oc6c(-c7ccc8ccccc8c7)cccc6c45)c3)N2)cc1. The topological polar surface area (TPSA) is 49.6 Å². The number of furan rings is 1. The first-order valence-corrected chi connectivity index (χ1v) is 18.1. The van der Waals surface area contributed by atoms with Gasteiger partial charge in [-0.15, -0.1) is 0 Å². The molecule has 2 heterocycles. The third-order valence-electron chi connectivity index (χ3n) is 10.4. The van der Waals surface area contributed by atoms with Crippen LogP contribution in [0.25, 0.3) is 66.1 Å². The lowest BCUT2D eigenvalue weighted by atomic mass is 9.95. The van der Waals surface area contributed by atoms with Gasteiger partial charge in [0.15, 0.2) is 0 Å². The van der Waals surface area contributed by atoms with E-state index in [-0.39, 0.29) is 12.3 Å². The first-order chi connectivity index (χ1) is 26.2. The Morgan fingerprint density at radius 3 is 1.92 bits per heavy atom. The summed E-state index contributed by atoms with van der Waals surface area (Å²) in [6.45, 7) is 0. The minimum Gasteiger partial charge on any atom is -0.455 e. The van der Waals surface area contributed by atoms with Gasteiger partial charge in [0.25, 0.3) is 0 Å². The van der Waals surface area contributed by atoms with Gasteiger partial charge in [0.05, 0.1) is 0 Å². The lowest BCUT2D eigenvalue weighted by Gasteiger charge is -2.32. The number of nitrogens with zero attached hydrogens (tertiary/aromatic N) is 1. The summed E-state index contributed by atoms with van der Waals surface area (Å²) in [6, 6.07) is 66.4. The molecule has 0 saturated heterocycles. The second kappa shape index (κ2) is 13.1. The van der Waals surface area contributed by atoms with Crippen molar-refractivity contribution in [3.05, 3.63) is 205 Å². The van der Waals surface area contributed by atoms with Crippen LogP contribution in [0.5, 0.6) is 0 Å². The molecule has 53 heavy (non-hydrogen) atoms. The Kier molecular flexibility index (Phi) is 7.67. The molecule has 0 radical (unpaired) electrons. The standard InChI is InChI=1S/C49H35N3O/c1-3-12-32(13-4-1)34-24-27-36(28-25-34)48-50-47(35-15-5-2-6-16-35)51-49(52-48)40-19-9-18-38(31-40)41-20-11-23-44-45(41)43-22-10-21-42(46(43)53-44)39-29-26-33-14-7-8-17-37(33)30-39/h1-31,48-49,52H,(H,50,51). The van der Waals surface area contributed by atoms with Gasteiger partial charge in [0, 0.05) is 21.9 Å². The minimum atomic E-state index is -0.236. The molecule has 252 valence electrons. The highest BCUT2D eigenvalue weighted by Crippen LogP contribution is 2.41. The lowest BCUT2D eigenvalue weighted by Crippen LogP contribution is -2.44. The number of hydrogen-bond donors (Lipinski definition) is 2. The minimum absolute atomic E-state index is 0.179. The summed E-state index contributed by atoms with van der Waals surface area (Å²) in [5, 5.41) is 12.2. The Balaban J connectivity index is 1.03. The van der Waals surface area contributed by atoms with Crippen molar-refractivity contribution < 1.29 is 4.42 Å². The van der Waals surface area contributed by atoms with Gasteiger partial charge in [0.2, 0.25) is 0 Å².